The fraction of sp³-hybridized carbons (Fsp3) is 0.900. The molecule has 0 fully saturated rings. The van der Waals surface area contributed by atoms with Crippen molar-refractivity contribution in [3.8, 4) is 0 Å². The molecule has 24 heavy (non-hydrogen) atoms. The molecule has 0 aromatic heterocycles. The lowest BCUT2D eigenvalue weighted by Gasteiger charge is -2.17. The first kappa shape index (κ1) is 23.1. The number of Topliss-reactive ketones (excluding diaryl/α,β-unsaturated/α-hetero) is 1. The van der Waals surface area contributed by atoms with Crippen LogP contribution in [0.3, 0.4) is 0 Å². The van der Waals surface area contributed by atoms with Crippen molar-refractivity contribution in [2.45, 2.75) is 98.3 Å². The molecule has 4 nitrogen and oxygen atoms in total. The number of carbonyl (C=O) groups is 2. The van der Waals surface area contributed by atoms with Crippen LogP contribution in [0.25, 0.3) is 0 Å². The molecule has 0 heterocycles. The van der Waals surface area contributed by atoms with Gasteiger partial charge in [-0.25, -0.2) is 4.79 Å². The lowest BCUT2D eigenvalue weighted by Crippen LogP contribution is -2.20. The molecule has 0 aromatic carbocycles. The van der Waals surface area contributed by atoms with Crippen LogP contribution in [0.2, 0.25) is 0 Å². The van der Waals surface area contributed by atoms with Gasteiger partial charge in [0, 0.05) is 12.3 Å². The number of ketones is 1. The highest BCUT2D eigenvalue weighted by Crippen LogP contribution is 2.22. The molecule has 0 saturated heterocycles. The first-order chi connectivity index (χ1) is 11.6. The number of hydrogen-bond acceptors (Lipinski definition) is 4. The molecular formula is C20H38O4. The first-order valence-corrected chi connectivity index (χ1v) is 9.92. The van der Waals surface area contributed by atoms with Gasteiger partial charge in [-0.1, -0.05) is 59.8 Å². The van der Waals surface area contributed by atoms with Gasteiger partial charge in [0.05, 0.1) is 12.5 Å². The summed E-state index contributed by atoms with van der Waals surface area (Å²) in [6, 6.07) is 0. The standard InChI is InChI=1S/C20H38O4/c1-5-8-10-13-18(19(21)12-7-3)15-14-17(4)20(22)24-23-16-11-9-6-2/h17-18H,5-16H2,1-4H3. The molecule has 0 amide bonds. The quantitative estimate of drug-likeness (QED) is 0.207. The van der Waals surface area contributed by atoms with Crippen LogP contribution in [-0.4, -0.2) is 18.4 Å². The van der Waals surface area contributed by atoms with Crippen LogP contribution >= 0.6 is 0 Å². The Morgan fingerprint density at radius 1 is 0.833 bits per heavy atom. The molecule has 0 saturated carbocycles. The van der Waals surface area contributed by atoms with E-state index in [4.69, 9.17) is 9.78 Å². The minimum Gasteiger partial charge on any atom is -0.299 e. The van der Waals surface area contributed by atoms with Crippen LogP contribution in [0.15, 0.2) is 0 Å². The Bertz CT molecular complexity index is 328. The van der Waals surface area contributed by atoms with Crippen LogP contribution in [0.4, 0.5) is 0 Å². The summed E-state index contributed by atoms with van der Waals surface area (Å²) in [5.74, 6) is -0.0942. The maximum atomic E-state index is 12.3. The number of carbonyl (C=O) groups excluding carboxylic acids is 2. The van der Waals surface area contributed by atoms with E-state index in [0.29, 0.717) is 25.2 Å². The zero-order chi connectivity index (χ0) is 18.2. The van der Waals surface area contributed by atoms with Gasteiger partial charge in [-0.15, -0.1) is 0 Å². The molecule has 0 aliphatic carbocycles. The zero-order valence-corrected chi connectivity index (χ0v) is 16.3. The van der Waals surface area contributed by atoms with E-state index in [1.807, 2.05) is 13.8 Å². The fourth-order valence-corrected chi connectivity index (χ4v) is 2.72. The average Bonchev–Trinajstić information content (AvgIpc) is 2.57. The van der Waals surface area contributed by atoms with E-state index in [2.05, 4.69) is 13.8 Å². The third-order valence-corrected chi connectivity index (χ3v) is 4.43. The van der Waals surface area contributed by atoms with Gasteiger partial charge in [0.15, 0.2) is 0 Å². The van der Waals surface area contributed by atoms with Gasteiger partial charge in [0.25, 0.3) is 0 Å². The highest BCUT2D eigenvalue weighted by molar-refractivity contribution is 5.81. The van der Waals surface area contributed by atoms with Gasteiger partial charge in [-0.05, 0) is 32.1 Å². The summed E-state index contributed by atoms with van der Waals surface area (Å²) in [4.78, 5) is 34.0. The summed E-state index contributed by atoms with van der Waals surface area (Å²) < 4.78 is 0. The van der Waals surface area contributed by atoms with Gasteiger partial charge in [0.1, 0.15) is 5.78 Å². The molecular weight excluding hydrogens is 304 g/mol. The second-order valence-corrected chi connectivity index (χ2v) is 6.82. The number of rotatable bonds is 16. The third kappa shape index (κ3) is 11.6. The fourth-order valence-electron chi connectivity index (χ4n) is 2.72. The Hall–Kier alpha value is -0.900. The molecule has 0 aliphatic rings. The maximum Gasteiger partial charge on any atom is 0.345 e. The topological polar surface area (TPSA) is 52.6 Å². The Morgan fingerprint density at radius 2 is 1.50 bits per heavy atom. The molecule has 0 aliphatic heterocycles. The van der Waals surface area contributed by atoms with Crippen LogP contribution in [-0.2, 0) is 19.4 Å². The lowest BCUT2D eigenvalue weighted by molar-refractivity contribution is -0.276. The number of unbranched alkanes of at least 4 members (excludes halogenated alkanes) is 4. The SMILES string of the molecule is CCCCCOOC(=O)C(C)CCC(CCCCC)C(=O)CCC. The molecule has 2 unspecified atom stereocenters. The third-order valence-electron chi connectivity index (χ3n) is 4.43. The first-order valence-electron chi connectivity index (χ1n) is 9.92. The smallest absolute Gasteiger partial charge is 0.299 e. The predicted molar refractivity (Wildman–Crippen MR) is 97.5 cm³/mol. The second-order valence-electron chi connectivity index (χ2n) is 6.82. The summed E-state index contributed by atoms with van der Waals surface area (Å²) >= 11 is 0. The Morgan fingerprint density at radius 3 is 2.12 bits per heavy atom. The van der Waals surface area contributed by atoms with Crippen LogP contribution in [0.1, 0.15) is 98.3 Å². The largest absolute Gasteiger partial charge is 0.345 e. The second kappa shape index (κ2) is 15.6. The molecule has 0 rings (SSSR count). The van der Waals surface area contributed by atoms with Crippen molar-refractivity contribution in [1.82, 2.24) is 0 Å². The summed E-state index contributed by atoms with van der Waals surface area (Å²) in [7, 11) is 0. The maximum absolute atomic E-state index is 12.3. The van der Waals surface area contributed by atoms with Crippen LogP contribution in [0, 0.1) is 11.8 Å². The lowest BCUT2D eigenvalue weighted by atomic mass is 9.87. The van der Waals surface area contributed by atoms with Crippen molar-refractivity contribution in [3.05, 3.63) is 0 Å². The number of hydrogen-bond donors (Lipinski definition) is 0. The highest BCUT2D eigenvalue weighted by atomic mass is 17.2. The highest BCUT2D eigenvalue weighted by Gasteiger charge is 2.22. The molecule has 0 bridgehead atoms. The van der Waals surface area contributed by atoms with Crippen molar-refractivity contribution >= 4 is 11.8 Å². The summed E-state index contributed by atoms with van der Waals surface area (Å²) in [5, 5.41) is 0. The van der Waals surface area contributed by atoms with E-state index >= 15 is 0 Å². The Labute approximate surface area is 148 Å². The molecule has 4 heteroatoms. The van der Waals surface area contributed by atoms with E-state index in [1.54, 1.807) is 0 Å². The molecule has 0 spiro atoms. The summed E-state index contributed by atoms with van der Waals surface area (Å²) in [6.07, 6.45) is 10.5. The summed E-state index contributed by atoms with van der Waals surface area (Å²) in [5.41, 5.74) is 0. The predicted octanol–water partition coefficient (Wildman–Crippen LogP) is 5.63. The zero-order valence-electron chi connectivity index (χ0n) is 16.3. The van der Waals surface area contributed by atoms with Crippen molar-refractivity contribution in [3.63, 3.8) is 0 Å². The van der Waals surface area contributed by atoms with Crippen LogP contribution < -0.4 is 0 Å². The molecule has 0 aromatic rings. The van der Waals surface area contributed by atoms with Crippen molar-refractivity contribution in [2.24, 2.45) is 11.8 Å². The van der Waals surface area contributed by atoms with Gasteiger partial charge >= 0.3 is 5.97 Å². The Balaban J connectivity index is 4.14. The average molecular weight is 343 g/mol. The normalized spacial score (nSPS) is 13.5. The van der Waals surface area contributed by atoms with E-state index in [0.717, 1.165) is 51.4 Å². The van der Waals surface area contributed by atoms with E-state index < -0.39 is 0 Å². The van der Waals surface area contributed by atoms with E-state index in [9.17, 15) is 9.59 Å². The summed E-state index contributed by atoms with van der Waals surface area (Å²) in [6.45, 7) is 8.63. The van der Waals surface area contributed by atoms with Gasteiger partial charge < -0.3 is 0 Å². The van der Waals surface area contributed by atoms with Crippen molar-refractivity contribution < 1.29 is 19.4 Å². The monoisotopic (exact) mass is 342 g/mol. The van der Waals surface area contributed by atoms with Crippen molar-refractivity contribution in [1.29, 1.82) is 0 Å². The van der Waals surface area contributed by atoms with Crippen molar-refractivity contribution in [2.75, 3.05) is 6.61 Å². The molecule has 0 N–H and O–H groups in total. The van der Waals surface area contributed by atoms with Gasteiger partial charge in [-0.2, -0.15) is 4.89 Å². The molecule has 142 valence electrons. The van der Waals surface area contributed by atoms with Gasteiger partial charge in [0.2, 0.25) is 0 Å². The Kier molecular flexibility index (Phi) is 15.0. The van der Waals surface area contributed by atoms with E-state index in [-0.39, 0.29) is 17.8 Å². The molecule has 0 radical (unpaired) electrons. The van der Waals surface area contributed by atoms with Gasteiger partial charge in [-0.3, -0.25) is 9.68 Å². The molecule has 2 atom stereocenters. The minimum atomic E-state index is -0.318. The van der Waals surface area contributed by atoms with E-state index in [1.165, 1.54) is 6.42 Å². The van der Waals surface area contributed by atoms with Crippen LogP contribution in [0.5, 0.6) is 0 Å². The minimum absolute atomic E-state index is 0.0947.